The van der Waals surface area contributed by atoms with Crippen molar-refractivity contribution in [1.82, 2.24) is 14.7 Å². The van der Waals surface area contributed by atoms with Crippen molar-refractivity contribution in [2.75, 3.05) is 46.4 Å². The zero-order valence-electron chi connectivity index (χ0n) is 11.2. The molecule has 2 saturated heterocycles. The van der Waals surface area contributed by atoms with Crippen molar-refractivity contribution in [3.8, 4) is 0 Å². The molecule has 3 rings (SSSR count). The van der Waals surface area contributed by atoms with Crippen LogP contribution in [0.15, 0.2) is 0 Å². The number of piperazine rings is 1. The Bertz CT molecular complexity index is 319. The van der Waals surface area contributed by atoms with Crippen molar-refractivity contribution >= 4 is 6.03 Å². The molecule has 1 saturated carbocycles. The maximum Gasteiger partial charge on any atom is 0.320 e. The summed E-state index contributed by atoms with van der Waals surface area (Å²) in [6.07, 6.45) is 4.09. The Kier molecular flexibility index (Phi) is 3.43. The van der Waals surface area contributed by atoms with E-state index in [0.29, 0.717) is 12.6 Å². The number of fused-ring (bicyclic) bond motifs is 1. The summed E-state index contributed by atoms with van der Waals surface area (Å²) >= 11 is 0. The topological polar surface area (TPSA) is 36.0 Å². The van der Waals surface area contributed by atoms with E-state index < -0.39 is 0 Å². The van der Waals surface area contributed by atoms with Gasteiger partial charge in [-0.05, 0) is 12.8 Å². The SMILES string of the molecule is COCCN1CC2CN(C3CCC3)CCN2C1=O. The number of amides is 2. The molecule has 0 bridgehead atoms. The van der Waals surface area contributed by atoms with Gasteiger partial charge in [-0.1, -0.05) is 6.42 Å². The fraction of sp³-hybridized carbons (Fsp3) is 0.923. The van der Waals surface area contributed by atoms with Gasteiger partial charge in [-0.15, -0.1) is 0 Å². The summed E-state index contributed by atoms with van der Waals surface area (Å²) in [4.78, 5) is 18.8. The summed E-state index contributed by atoms with van der Waals surface area (Å²) in [7, 11) is 1.69. The zero-order chi connectivity index (χ0) is 12.5. The van der Waals surface area contributed by atoms with Crippen molar-refractivity contribution < 1.29 is 9.53 Å². The summed E-state index contributed by atoms with van der Waals surface area (Å²) in [5.41, 5.74) is 0. The molecule has 18 heavy (non-hydrogen) atoms. The second-order valence-corrected chi connectivity index (χ2v) is 5.65. The van der Waals surface area contributed by atoms with Gasteiger partial charge in [0.2, 0.25) is 0 Å². The highest BCUT2D eigenvalue weighted by Gasteiger charge is 2.42. The Morgan fingerprint density at radius 1 is 1.22 bits per heavy atom. The van der Waals surface area contributed by atoms with Gasteiger partial charge < -0.3 is 14.5 Å². The number of ether oxygens (including phenoxy) is 1. The maximum atomic E-state index is 12.2. The summed E-state index contributed by atoms with van der Waals surface area (Å²) in [6.45, 7) is 5.28. The van der Waals surface area contributed by atoms with Crippen LogP contribution >= 0.6 is 0 Å². The Labute approximate surface area is 109 Å². The molecule has 102 valence electrons. The Balaban J connectivity index is 1.57. The summed E-state index contributed by atoms with van der Waals surface area (Å²) in [5.74, 6) is 0. The van der Waals surface area contributed by atoms with Crippen LogP contribution in [-0.4, -0.2) is 79.3 Å². The van der Waals surface area contributed by atoms with E-state index >= 15 is 0 Å². The van der Waals surface area contributed by atoms with E-state index in [1.807, 2.05) is 4.90 Å². The van der Waals surface area contributed by atoms with Crippen LogP contribution in [0.25, 0.3) is 0 Å². The number of methoxy groups -OCH3 is 1. The van der Waals surface area contributed by atoms with Gasteiger partial charge in [0, 0.05) is 45.9 Å². The highest BCUT2D eigenvalue weighted by Crippen LogP contribution is 2.29. The third kappa shape index (κ3) is 2.10. The smallest absolute Gasteiger partial charge is 0.320 e. The first kappa shape index (κ1) is 12.2. The lowest BCUT2D eigenvalue weighted by Gasteiger charge is -2.44. The molecule has 0 N–H and O–H groups in total. The van der Waals surface area contributed by atoms with Crippen molar-refractivity contribution in [3.05, 3.63) is 0 Å². The number of nitrogens with zero attached hydrogens (tertiary/aromatic N) is 3. The van der Waals surface area contributed by atoms with Crippen LogP contribution in [0, 0.1) is 0 Å². The molecule has 0 radical (unpaired) electrons. The molecule has 1 atom stereocenters. The van der Waals surface area contributed by atoms with E-state index in [1.165, 1.54) is 19.3 Å². The lowest BCUT2D eigenvalue weighted by atomic mass is 9.90. The van der Waals surface area contributed by atoms with Gasteiger partial charge in [0.15, 0.2) is 0 Å². The normalized spacial score (nSPS) is 29.6. The Morgan fingerprint density at radius 3 is 2.72 bits per heavy atom. The molecule has 5 heteroatoms. The maximum absolute atomic E-state index is 12.2. The monoisotopic (exact) mass is 253 g/mol. The standard InChI is InChI=1S/C13H23N3O2/c1-18-8-7-15-10-12-9-14(11-3-2-4-11)5-6-16(12)13(15)17/h11-12H,2-10H2,1H3. The Hall–Kier alpha value is -0.810. The van der Waals surface area contributed by atoms with Gasteiger partial charge in [-0.2, -0.15) is 0 Å². The highest BCUT2D eigenvalue weighted by molar-refractivity contribution is 5.77. The number of urea groups is 1. The van der Waals surface area contributed by atoms with E-state index in [9.17, 15) is 4.79 Å². The number of carbonyl (C=O) groups is 1. The van der Waals surface area contributed by atoms with E-state index in [2.05, 4.69) is 9.80 Å². The lowest BCUT2D eigenvalue weighted by molar-refractivity contribution is 0.0558. The first-order chi connectivity index (χ1) is 8.79. The molecule has 3 fully saturated rings. The molecule has 2 heterocycles. The average Bonchev–Trinajstić information content (AvgIpc) is 2.61. The molecular weight excluding hydrogens is 230 g/mol. The summed E-state index contributed by atoms with van der Waals surface area (Å²) in [5, 5.41) is 0. The molecular formula is C13H23N3O2. The van der Waals surface area contributed by atoms with E-state index in [4.69, 9.17) is 4.74 Å². The largest absolute Gasteiger partial charge is 0.383 e. The van der Waals surface area contributed by atoms with Crippen LogP contribution in [0.3, 0.4) is 0 Å². The third-order valence-corrected chi connectivity index (χ3v) is 4.62. The van der Waals surface area contributed by atoms with E-state index in [-0.39, 0.29) is 6.03 Å². The van der Waals surface area contributed by atoms with Crippen LogP contribution in [0.5, 0.6) is 0 Å². The van der Waals surface area contributed by atoms with Gasteiger partial charge >= 0.3 is 6.03 Å². The third-order valence-electron chi connectivity index (χ3n) is 4.62. The summed E-state index contributed by atoms with van der Waals surface area (Å²) in [6, 6.07) is 1.42. The molecule has 2 amide bonds. The minimum atomic E-state index is 0.213. The van der Waals surface area contributed by atoms with Crippen molar-refractivity contribution in [1.29, 1.82) is 0 Å². The number of hydrogen-bond acceptors (Lipinski definition) is 3. The number of hydrogen-bond donors (Lipinski definition) is 0. The van der Waals surface area contributed by atoms with Gasteiger partial charge in [-0.3, -0.25) is 4.90 Å². The predicted octanol–water partition coefficient (Wildman–Crippen LogP) is 0.607. The molecule has 1 aliphatic carbocycles. The number of rotatable bonds is 4. The molecule has 0 spiro atoms. The highest BCUT2D eigenvalue weighted by atomic mass is 16.5. The first-order valence-electron chi connectivity index (χ1n) is 7.08. The zero-order valence-corrected chi connectivity index (χ0v) is 11.2. The van der Waals surface area contributed by atoms with Crippen LogP contribution in [-0.2, 0) is 4.74 Å². The summed E-state index contributed by atoms with van der Waals surface area (Å²) < 4.78 is 5.07. The van der Waals surface area contributed by atoms with Gasteiger partial charge in [0.05, 0.1) is 12.6 Å². The molecule has 0 aromatic heterocycles. The van der Waals surface area contributed by atoms with Crippen LogP contribution in [0.1, 0.15) is 19.3 Å². The van der Waals surface area contributed by atoms with Crippen LogP contribution in [0.2, 0.25) is 0 Å². The average molecular weight is 253 g/mol. The minimum Gasteiger partial charge on any atom is -0.383 e. The van der Waals surface area contributed by atoms with Gasteiger partial charge in [0.1, 0.15) is 0 Å². The predicted molar refractivity (Wildman–Crippen MR) is 68.6 cm³/mol. The van der Waals surface area contributed by atoms with E-state index in [0.717, 1.165) is 38.8 Å². The molecule has 2 aliphatic heterocycles. The molecule has 0 aromatic rings. The quantitative estimate of drug-likeness (QED) is 0.736. The van der Waals surface area contributed by atoms with Crippen LogP contribution < -0.4 is 0 Å². The molecule has 0 aromatic carbocycles. The molecule has 5 nitrogen and oxygen atoms in total. The van der Waals surface area contributed by atoms with Gasteiger partial charge in [0.25, 0.3) is 0 Å². The van der Waals surface area contributed by atoms with Crippen molar-refractivity contribution in [3.63, 3.8) is 0 Å². The van der Waals surface area contributed by atoms with E-state index in [1.54, 1.807) is 7.11 Å². The fourth-order valence-electron chi connectivity index (χ4n) is 3.27. The second kappa shape index (κ2) is 5.05. The fourth-order valence-corrected chi connectivity index (χ4v) is 3.27. The second-order valence-electron chi connectivity index (χ2n) is 5.65. The molecule has 3 aliphatic rings. The first-order valence-corrected chi connectivity index (χ1v) is 7.08. The minimum absolute atomic E-state index is 0.213. The van der Waals surface area contributed by atoms with Gasteiger partial charge in [-0.25, -0.2) is 4.79 Å². The number of carbonyl (C=O) groups excluding carboxylic acids is 1. The lowest BCUT2D eigenvalue weighted by Crippen LogP contribution is -2.56. The van der Waals surface area contributed by atoms with Crippen molar-refractivity contribution in [2.45, 2.75) is 31.3 Å². The Morgan fingerprint density at radius 2 is 2.06 bits per heavy atom. The van der Waals surface area contributed by atoms with Crippen molar-refractivity contribution in [2.24, 2.45) is 0 Å². The molecule has 1 unspecified atom stereocenters. The van der Waals surface area contributed by atoms with Crippen LogP contribution in [0.4, 0.5) is 4.79 Å².